The van der Waals surface area contributed by atoms with Crippen molar-refractivity contribution in [3.05, 3.63) is 57.6 Å². The van der Waals surface area contributed by atoms with Crippen LogP contribution in [0.15, 0.2) is 36.4 Å². The van der Waals surface area contributed by atoms with E-state index in [2.05, 4.69) is 31.3 Å². The Morgan fingerprint density at radius 1 is 1.11 bits per heavy atom. The van der Waals surface area contributed by atoms with E-state index in [0.29, 0.717) is 21.7 Å². The van der Waals surface area contributed by atoms with Crippen molar-refractivity contribution in [2.24, 2.45) is 0 Å². The van der Waals surface area contributed by atoms with Gasteiger partial charge in [0.2, 0.25) is 0 Å². The highest BCUT2D eigenvalue weighted by molar-refractivity contribution is 6.33. The second kappa shape index (κ2) is 8.05. The Hall–Kier alpha value is -1.57. The second-order valence-electron chi connectivity index (χ2n) is 8.54. The molecular formula is C23H26Cl2N2O. The first kappa shape index (κ1) is 21.1. The lowest BCUT2D eigenvalue weighted by molar-refractivity contribution is 0.0110. The Morgan fingerprint density at radius 2 is 1.75 bits per heavy atom. The maximum Gasteiger partial charge on any atom is 0.0998 e. The van der Waals surface area contributed by atoms with Crippen molar-refractivity contribution >= 4 is 23.2 Å². The highest BCUT2D eigenvalue weighted by Gasteiger charge is 2.32. The molecule has 2 aromatic rings. The Kier molecular flexibility index (Phi) is 6.08. The van der Waals surface area contributed by atoms with E-state index in [9.17, 15) is 10.4 Å². The number of hydrogen-bond donors (Lipinski definition) is 2. The third-order valence-electron chi connectivity index (χ3n) is 5.71. The molecular weight excluding hydrogens is 391 g/mol. The molecule has 28 heavy (non-hydrogen) atoms. The molecule has 3 rings (SSSR count). The first-order valence-corrected chi connectivity index (χ1v) is 10.4. The number of nitriles is 1. The van der Waals surface area contributed by atoms with E-state index in [0.717, 1.165) is 42.4 Å². The summed E-state index contributed by atoms with van der Waals surface area (Å²) in [5.41, 5.74) is 2.41. The minimum Gasteiger partial charge on any atom is -0.390 e. The maximum absolute atomic E-state index is 10.2. The minimum absolute atomic E-state index is 0.256. The van der Waals surface area contributed by atoms with Gasteiger partial charge in [0, 0.05) is 32.8 Å². The van der Waals surface area contributed by atoms with Gasteiger partial charge in [0.1, 0.15) is 0 Å². The van der Waals surface area contributed by atoms with Crippen molar-refractivity contribution in [3.63, 3.8) is 0 Å². The highest BCUT2D eigenvalue weighted by atomic mass is 35.5. The topological polar surface area (TPSA) is 56.0 Å². The standard InChI is InChI=1S/C23H26Cl2N2O/c1-22(2,27-18-8-10-23(3,28)11-9-18)16-4-6-20(21(25)13-16)19-7-5-17(24)12-15(19)14-26/h4-7,12-13,18,27-28H,8-11H2,1-3H3. The highest BCUT2D eigenvalue weighted by Crippen LogP contribution is 2.36. The van der Waals surface area contributed by atoms with Crippen molar-refractivity contribution in [1.29, 1.82) is 5.26 Å². The largest absolute Gasteiger partial charge is 0.390 e. The summed E-state index contributed by atoms with van der Waals surface area (Å²) in [6, 6.07) is 13.8. The predicted molar refractivity (Wildman–Crippen MR) is 116 cm³/mol. The van der Waals surface area contributed by atoms with Gasteiger partial charge in [-0.1, -0.05) is 41.4 Å². The molecule has 0 aliphatic heterocycles. The number of rotatable bonds is 4. The van der Waals surface area contributed by atoms with Gasteiger partial charge in [-0.15, -0.1) is 0 Å². The fourth-order valence-electron chi connectivity index (χ4n) is 3.94. The summed E-state index contributed by atoms with van der Waals surface area (Å²) in [4.78, 5) is 0. The summed E-state index contributed by atoms with van der Waals surface area (Å²) in [6.45, 7) is 6.21. The van der Waals surface area contributed by atoms with E-state index in [1.807, 2.05) is 25.1 Å². The van der Waals surface area contributed by atoms with Crippen LogP contribution in [0.2, 0.25) is 10.0 Å². The van der Waals surface area contributed by atoms with Crippen LogP contribution in [0.5, 0.6) is 0 Å². The van der Waals surface area contributed by atoms with Crippen LogP contribution < -0.4 is 5.32 Å². The van der Waals surface area contributed by atoms with E-state index >= 15 is 0 Å². The third-order valence-corrected chi connectivity index (χ3v) is 6.26. The second-order valence-corrected chi connectivity index (χ2v) is 9.38. The zero-order valence-electron chi connectivity index (χ0n) is 16.5. The molecule has 3 nitrogen and oxygen atoms in total. The molecule has 5 heteroatoms. The first-order valence-electron chi connectivity index (χ1n) is 9.61. The lowest BCUT2D eigenvalue weighted by Gasteiger charge is -2.38. The van der Waals surface area contributed by atoms with Gasteiger partial charge in [0.05, 0.1) is 17.2 Å². The number of benzene rings is 2. The van der Waals surface area contributed by atoms with Gasteiger partial charge in [0.15, 0.2) is 0 Å². The van der Waals surface area contributed by atoms with Crippen molar-refractivity contribution < 1.29 is 5.11 Å². The summed E-state index contributed by atoms with van der Waals surface area (Å²) in [6.07, 6.45) is 3.54. The van der Waals surface area contributed by atoms with Gasteiger partial charge in [-0.05, 0) is 70.2 Å². The molecule has 0 unspecified atom stereocenters. The monoisotopic (exact) mass is 416 g/mol. The lowest BCUT2D eigenvalue weighted by atomic mass is 9.82. The molecule has 0 heterocycles. The van der Waals surface area contributed by atoms with E-state index in [1.54, 1.807) is 12.1 Å². The molecule has 0 amide bonds. The molecule has 0 radical (unpaired) electrons. The molecule has 0 spiro atoms. The minimum atomic E-state index is -0.537. The van der Waals surface area contributed by atoms with E-state index in [4.69, 9.17) is 23.2 Å². The van der Waals surface area contributed by atoms with Gasteiger partial charge in [-0.3, -0.25) is 0 Å². The molecule has 0 saturated heterocycles. The van der Waals surface area contributed by atoms with Crippen LogP contribution in [-0.4, -0.2) is 16.7 Å². The molecule has 1 fully saturated rings. The predicted octanol–water partition coefficient (Wildman–Crippen LogP) is 6.05. The van der Waals surface area contributed by atoms with Crippen LogP contribution >= 0.6 is 23.2 Å². The Bertz CT molecular complexity index is 905. The molecule has 2 aromatic carbocycles. The number of halogens is 2. The van der Waals surface area contributed by atoms with Gasteiger partial charge in [-0.25, -0.2) is 0 Å². The van der Waals surface area contributed by atoms with Gasteiger partial charge in [0.25, 0.3) is 0 Å². The molecule has 2 N–H and O–H groups in total. The Morgan fingerprint density at radius 3 is 2.36 bits per heavy atom. The van der Waals surface area contributed by atoms with Crippen LogP contribution in [0.25, 0.3) is 11.1 Å². The van der Waals surface area contributed by atoms with Crippen LogP contribution in [0, 0.1) is 11.3 Å². The average Bonchev–Trinajstić information content (AvgIpc) is 2.63. The van der Waals surface area contributed by atoms with Crippen LogP contribution in [0.1, 0.15) is 57.6 Å². The zero-order chi connectivity index (χ0) is 20.5. The molecule has 0 atom stereocenters. The Balaban J connectivity index is 1.83. The smallest absolute Gasteiger partial charge is 0.0998 e. The normalized spacial score (nSPS) is 22.7. The lowest BCUT2D eigenvalue weighted by Crippen LogP contribution is -2.47. The zero-order valence-corrected chi connectivity index (χ0v) is 18.0. The molecule has 1 aliphatic carbocycles. The maximum atomic E-state index is 10.2. The molecule has 1 saturated carbocycles. The van der Waals surface area contributed by atoms with Crippen molar-refractivity contribution in [2.45, 2.75) is 63.6 Å². The SMILES string of the molecule is CC1(O)CCC(NC(C)(C)c2ccc(-c3ccc(Cl)cc3C#N)c(Cl)c2)CC1. The molecule has 0 aromatic heterocycles. The van der Waals surface area contributed by atoms with Gasteiger partial charge in [-0.2, -0.15) is 5.26 Å². The summed E-state index contributed by atoms with van der Waals surface area (Å²) < 4.78 is 0. The average molecular weight is 417 g/mol. The van der Waals surface area contributed by atoms with Crippen LogP contribution in [-0.2, 0) is 5.54 Å². The quantitative estimate of drug-likeness (QED) is 0.637. The van der Waals surface area contributed by atoms with Gasteiger partial charge < -0.3 is 10.4 Å². The van der Waals surface area contributed by atoms with Crippen molar-refractivity contribution in [2.75, 3.05) is 0 Å². The number of nitrogens with one attached hydrogen (secondary N) is 1. The van der Waals surface area contributed by atoms with E-state index < -0.39 is 5.60 Å². The molecule has 0 bridgehead atoms. The fraction of sp³-hybridized carbons (Fsp3) is 0.435. The number of hydrogen-bond acceptors (Lipinski definition) is 3. The van der Waals surface area contributed by atoms with Crippen LogP contribution in [0.3, 0.4) is 0 Å². The molecule has 1 aliphatic rings. The van der Waals surface area contributed by atoms with Crippen molar-refractivity contribution in [1.82, 2.24) is 5.32 Å². The van der Waals surface area contributed by atoms with Gasteiger partial charge >= 0.3 is 0 Å². The van der Waals surface area contributed by atoms with Crippen LogP contribution in [0.4, 0.5) is 0 Å². The molecule has 148 valence electrons. The third kappa shape index (κ3) is 4.70. The van der Waals surface area contributed by atoms with E-state index in [1.165, 1.54) is 0 Å². The fourth-order valence-corrected chi connectivity index (χ4v) is 4.40. The van der Waals surface area contributed by atoms with E-state index in [-0.39, 0.29) is 5.54 Å². The summed E-state index contributed by atoms with van der Waals surface area (Å²) >= 11 is 12.6. The summed E-state index contributed by atoms with van der Waals surface area (Å²) in [5.74, 6) is 0. The summed E-state index contributed by atoms with van der Waals surface area (Å²) in [5, 5.41) is 24.5. The first-order chi connectivity index (χ1) is 13.1. The number of nitrogens with zero attached hydrogens (tertiary/aromatic N) is 1. The Labute approximate surface area is 177 Å². The number of aliphatic hydroxyl groups is 1. The summed E-state index contributed by atoms with van der Waals surface area (Å²) in [7, 11) is 0. The van der Waals surface area contributed by atoms with Crippen molar-refractivity contribution in [3.8, 4) is 17.2 Å².